The number of aromatic nitrogens is 3. The second-order valence-corrected chi connectivity index (χ2v) is 9.87. The zero-order valence-corrected chi connectivity index (χ0v) is 19.0. The Hall–Kier alpha value is -3.20. The van der Waals surface area contributed by atoms with Crippen LogP contribution in [-0.2, 0) is 6.42 Å². The van der Waals surface area contributed by atoms with E-state index in [1.165, 1.54) is 22.9 Å². The molecule has 0 fully saturated rings. The van der Waals surface area contributed by atoms with Gasteiger partial charge in [0.25, 0.3) is 0 Å². The average molecular weight is 496 g/mol. The summed E-state index contributed by atoms with van der Waals surface area (Å²) in [6.07, 6.45) is 3.02. The van der Waals surface area contributed by atoms with Crippen LogP contribution in [0.2, 0.25) is 10.2 Å². The Morgan fingerprint density at radius 2 is 1.97 bits per heavy atom. The van der Waals surface area contributed by atoms with Gasteiger partial charge in [0.05, 0.1) is 0 Å². The maximum atomic E-state index is 13.8. The molecule has 2 N–H and O–H groups in total. The summed E-state index contributed by atoms with van der Waals surface area (Å²) >= 11 is 5.88. The van der Waals surface area contributed by atoms with E-state index in [0.717, 1.165) is 6.20 Å². The number of rotatable bonds is 5. The minimum absolute atomic E-state index is 0.172. The van der Waals surface area contributed by atoms with Gasteiger partial charge in [0.2, 0.25) is 0 Å². The fraction of sp³-hybridized carbons (Fsp3) is 0.0909. The number of hydrogen-bond donors (Lipinski definition) is 1. The number of nitrogen functional groups attached to an aromatic ring is 1. The molecule has 0 saturated heterocycles. The van der Waals surface area contributed by atoms with Crippen molar-refractivity contribution >= 4 is 43.2 Å². The van der Waals surface area contributed by atoms with Crippen LogP contribution in [0.4, 0.5) is 10.2 Å². The fourth-order valence-electron chi connectivity index (χ4n) is 3.42. The molecule has 1 aromatic carbocycles. The van der Waals surface area contributed by atoms with Crippen molar-refractivity contribution in [1.82, 2.24) is 14.4 Å². The van der Waals surface area contributed by atoms with Crippen LogP contribution >= 0.6 is 11.6 Å². The van der Waals surface area contributed by atoms with Crippen LogP contribution in [0, 0.1) is 17.1 Å². The van der Waals surface area contributed by atoms with Gasteiger partial charge in [-0.25, -0.2) is 0 Å². The van der Waals surface area contributed by atoms with Crippen LogP contribution in [0.5, 0.6) is 0 Å². The Kier molecular flexibility index (Phi) is 6.03. The van der Waals surface area contributed by atoms with E-state index in [-0.39, 0.29) is 11.4 Å². The summed E-state index contributed by atoms with van der Waals surface area (Å²) in [5.41, 5.74) is 8.08. The molecular weight excluding hydrogens is 480 g/mol. The average Bonchev–Trinajstić information content (AvgIpc) is 2.78. The first-order valence-corrected chi connectivity index (χ1v) is 12.2. The van der Waals surface area contributed by atoms with Gasteiger partial charge in [-0.2, -0.15) is 0 Å². The Morgan fingerprint density at radius 3 is 2.71 bits per heavy atom. The molecule has 9 heteroatoms. The Balaban J connectivity index is 1.79. The number of fused-ring (bicyclic) bond motifs is 1. The van der Waals surface area contributed by atoms with Gasteiger partial charge in [0, 0.05) is 0 Å². The van der Waals surface area contributed by atoms with Crippen molar-refractivity contribution in [3.8, 4) is 17.2 Å². The predicted octanol–water partition coefficient (Wildman–Crippen LogP) is 2.73. The molecule has 1 unspecified atom stereocenters. The van der Waals surface area contributed by atoms with E-state index in [1.807, 2.05) is 30.3 Å². The van der Waals surface area contributed by atoms with E-state index in [9.17, 15) is 14.4 Å². The number of pyridine rings is 2. The molecule has 154 valence electrons. The standard InChI is InChI=1S/C22H16AsClFN5O/c24-19-15(8-9-23-20-16(10-26)21(27)29-12-28-20)18(13-4-2-1-3-5-13)22(31)30-11-14(25)6-7-17(19)30/h1-7,11-12,23H,8-9H2,(H2,27,28,29). The van der Waals surface area contributed by atoms with Crippen LogP contribution in [0.25, 0.3) is 16.6 Å². The summed E-state index contributed by atoms with van der Waals surface area (Å²) in [5.74, 6) is -0.347. The third-order valence-electron chi connectivity index (χ3n) is 4.85. The van der Waals surface area contributed by atoms with E-state index < -0.39 is 21.6 Å². The number of anilines is 1. The molecule has 0 aliphatic carbocycles. The van der Waals surface area contributed by atoms with Gasteiger partial charge in [0.15, 0.2) is 0 Å². The van der Waals surface area contributed by atoms with Crippen LogP contribution in [-0.4, -0.2) is 30.1 Å². The van der Waals surface area contributed by atoms with Crippen molar-refractivity contribution in [2.45, 2.75) is 11.6 Å². The molecule has 4 aromatic rings. The molecule has 1 atom stereocenters. The fourth-order valence-corrected chi connectivity index (χ4v) is 6.12. The number of hydrogen-bond acceptors (Lipinski definition) is 5. The maximum absolute atomic E-state index is 13.8. The molecule has 0 aliphatic heterocycles. The first kappa shape index (κ1) is 21.0. The van der Waals surface area contributed by atoms with Gasteiger partial charge in [-0.3, -0.25) is 0 Å². The first-order valence-electron chi connectivity index (χ1n) is 9.33. The van der Waals surface area contributed by atoms with Crippen molar-refractivity contribution in [2.24, 2.45) is 0 Å². The summed E-state index contributed by atoms with van der Waals surface area (Å²) in [4.78, 5) is 21.4. The number of benzene rings is 1. The molecule has 0 bridgehead atoms. The van der Waals surface area contributed by atoms with Gasteiger partial charge in [-0.05, 0) is 0 Å². The normalized spacial score (nSPS) is 11.3. The summed E-state index contributed by atoms with van der Waals surface area (Å²) in [6, 6.07) is 14.0. The molecule has 0 saturated carbocycles. The third-order valence-corrected chi connectivity index (χ3v) is 7.82. The molecule has 3 heterocycles. The minimum atomic E-state index is -0.836. The van der Waals surface area contributed by atoms with E-state index >= 15 is 0 Å². The second kappa shape index (κ2) is 8.89. The number of halogens is 2. The molecule has 31 heavy (non-hydrogen) atoms. The van der Waals surface area contributed by atoms with Crippen LogP contribution in [0.3, 0.4) is 0 Å². The van der Waals surface area contributed by atoms with Crippen molar-refractivity contribution in [3.05, 3.63) is 87.3 Å². The number of nitrogens with zero attached hydrogens (tertiary/aromatic N) is 4. The number of nitrogens with two attached hydrogens (primary N) is 1. The third kappa shape index (κ3) is 4.05. The molecule has 3 aromatic heterocycles. The van der Waals surface area contributed by atoms with Crippen molar-refractivity contribution < 1.29 is 4.39 Å². The molecule has 0 aliphatic rings. The molecule has 0 amide bonds. The van der Waals surface area contributed by atoms with E-state index in [4.69, 9.17) is 17.3 Å². The van der Waals surface area contributed by atoms with Crippen LogP contribution in [0.15, 0.2) is 59.8 Å². The van der Waals surface area contributed by atoms with E-state index in [2.05, 4.69) is 16.0 Å². The van der Waals surface area contributed by atoms with Gasteiger partial charge in [-0.15, -0.1) is 0 Å². The summed E-state index contributed by atoms with van der Waals surface area (Å²) in [7, 11) is 0. The number of nitriles is 1. The summed E-state index contributed by atoms with van der Waals surface area (Å²) in [5, 5.41) is 10.4. The van der Waals surface area contributed by atoms with Crippen LogP contribution in [0.1, 0.15) is 11.1 Å². The van der Waals surface area contributed by atoms with Gasteiger partial charge in [-0.1, -0.05) is 0 Å². The quantitative estimate of drug-likeness (QED) is 0.429. The van der Waals surface area contributed by atoms with Crippen LogP contribution < -0.4 is 15.8 Å². The molecular formula is C22H16AsClFN5O. The van der Waals surface area contributed by atoms with Gasteiger partial charge in [0.1, 0.15) is 0 Å². The Bertz CT molecular complexity index is 1390. The monoisotopic (exact) mass is 495 g/mol. The van der Waals surface area contributed by atoms with E-state index in [1.54, 1.807) is 0 Å². The molecule has 0 radical (unpaired) electrons. The molecule has 0 spiro atoms. The Morgan fingerprint density at radius 1 is 1.19 bits per heavy atom. The SMILES string of the molecule is N#Cc1c(N)ncnc1[AsH]CCc1c(-c2ccccc2)c(=O)n2cc(F)ccc2c1Cl. The predicted molar refractivity (Wildman–Crippen MR) is 121 cm³/mol. The zero-order chi connectivity index (χ0) is 22.0. The first-order chi connectivity index (χ1) is 15.0. The molecule has 4 rings (SSSR count). The summed E-state index contributed by atoms with van der Waals surface area (Å²) < 4.78 is 15.8. The zero-order valence-electron chi connectivity index (χ0n) is 16.1. The summed E-state index contributed by atoms with van der Waals surface area (Å²) in [6.45, 7) is 0. The van der Waals surface area contributed by atoms with Gasteiger partial charge < -0.3 is 0 Å². The Labute approximate surface area is 188 Å². The van der Waals surface area contributed by atoms with E-state index in [0.29, 0.717) is 48.9 Å². The van der Waals surface area contributed by atoms with Crippen molar-refractivity contribution in [1.29, 1.82) is 5.26 Å². The topological polar surface area (TPSA) is 97.1 Å². The molecule has 6 nitrogen and oxygen atoms in total. The van der Waals surface area contributed by atoms with Gasteiger partial charge >= 0.3 is 189 Å². The van der Waals surface area contributed by atoms with Crippen molar-refractivity contribution in [2.75, 3.05) is 5.73 Å². The second-order valence-electron chi connectivity index (χ2n) is 6.71. The van der Waals surface area contributed by atoms with Crippen molar-refractivity contribution in [3.63, 3.8) is 0 Å².